The summed E-state index contributed by atoms with van der Waals surface area (Å²) in [5.74, 6) is 0.802. The van der Waals surface area contributed by atoms with Gasteiger partial charge in [-0.1, -0.05) is 47.6 Å². The van der Waals surface area contributed by atoms with Gasteiger partial charge in [-0.3, -0.25) is 4.79 Å². The van der Waals surface area contributed by atoms with E-state index >= 15 is 0 Å². The van der Waals surface area contributed by atoms with Gasteiger partial charge in [0.2, 0.25) is 5.91 Å². The molecule has 130 valence electrons. The molecular formula is C20H22N2O3. The summed E-state index contributed by atoms with van der Waals surface area (Å²) in [7, 11) is 1.64. The molecular weight excluding hydrogens is 316 g/mol. The normalized spacial score (nSPS) is 16.1. The van der Waals surface area contributed by atoms with Crippen molar-refractivity contribution in [2.75, 3.05) is 13.7 Å². The number of carbonyl (C=O) groups is 1. The fourth-order valence-corrected chi connectivity index (χ4v) is 2.92. The molecule has 0 radical (unpaired) electrons. The lowest BCUT2D eigenvalue weighted by Gasteiger charge is -2.23. The number of hydrogen-bond acceptors (Lipinski definition) is 4. The van der Waals surface area contributed by atoms with E-state index in [1.54, 1.807) is 18.9 Å². The number of hydrogen-bond donors (Lipinski definition) is 0. The van der Waals surface area contributed by atoms with Crippen LogP contribution >= 0.6 is 0 Å². The van der Waals surface area contributed by atoms with Gasteiger partial charge in [-0.15, -0.1) is 0 Å². The second kappa shape index (κ2) is 7.83. The highest BCUT2D eigenvalue weighted by Gasteiger charge is 2.27. The fraction of sp³-hybridized carbons (Fsp3) is 0.300. The molecule has 2 aromatic rings. The molecule has 5 heteroatoms. The Kier molecular flexibility index (Phi) is 5.33. The van der Waals surface area contributed by atoms with E-state index in [0.29, 0.717) is 19.5 Å². The summed E-state index contributed by atoms with van der Waals surface area (Å²) in [5, 5.41) is 4.21. The van der Waals surface area contributed by atoms with Crippen LogP contribution in [0.1, 0.15) is 24.5 Å². The smallest absolute Gasteiger partial charge is 0.219 e. The van der Waals surface area contributed by atoms with Crippen LogP contribution in [0.2, 0.25) is 0 Å². The number of amides is 1. The van der Waals surface area contributed by atoms with E-state index in [1.807, 2.05) is 54.6 Å². The lowest BCUT2D eigenvalue weighted by atomic mass is 10.0. The molecule has 0 spiro atoms. The van der Waals surface area contributed by atoms with Gasteiger partial charge in [-0.2, -0.15) is 0 Å². The number of para-hydroxylation sites is 1. The minimum absolute atomic E-state index is 0.0261. The Balaban J connectivity index is 1.65. The maximum atomic E-state index is 12.0. The number of nitrogens with zero attached hydrogens (tertiary/aromatic N) is 2. The average molecular weight is 338 g/mol. The predicted molar refractivity (Wildman–Crippen MR) is 96.6 cm³/mol. The third-order valence-corrected chi connectivity index (χ3v) is 4.24. The van der Waals surface area contributed by atoms with Gasteiger partial charge in [0.25, 0.3) is 0 Å². The van der Waals surface area contributed by atoms with Gasteiger partial charge < -0.3 is 14.5 Å². The molecule has 1 atom stereocenters. The third-order valence-electron chi connectivity index (χ3n) is 4.24. The largest absolute Gasteiger partial charge is 0.496 e. The molecule has 0 aromatic heterocycles. The quantitative estimate of drug-likeness (QED) is 0.812. The standard InChI is InChI=1S/C20H22N2O3/c1-15(23)22(13-16-8-4-3-5-9-16)14-17-12-19(21-25-17)18-10-6-7-11-20(18)24-2/h3-11,17H,12-14H2,1-2H3. The molecule has 1 aliphatic rings. The van der Waals surface area contributed by atoms with Crippen molar-refractivity contribution in [2.45, 2.75) is 26.0 Å². The van der Waals surface area contributed by atoms with Crippen molar-refractivity contribution in [1.82, 2.24) is 4.90 Å². The van der Waals surface area contributed by atoms with E-state index in [0.717, 1.165) is 22.6 Å². The van der Waals surface area contributed by atoms with E-state index in [2.05, 4.69) is 5.16 Å². The number of ether oxygens (including phenoxy) is 1. The zero-order valence-corrected chi connectivity index (χ0v) is 14.5. The molecule has 1 aliphatic heterocycles. The maximum Gasteiger partial charge on any atom is 0.219 e. The minimum Gasteiger partial charge on any atom is -0.496 e. The summed E-state index contributed by atoms with van der Waals surface area (Å²) in [6.07, 6.45) is 0.506. The first-order chi connectivity index (χ1) is 12.2. The topological polar surface area (TPSA) is 51.1 Å². The van der Waals surface area contributed by atoms with Crippen LogP contribution in [-0.2, 0) is 16.2 Å². The molecule has 0 fully saturated rings. The molecule has 0 bridgehead atoms. The number of benzene rings is 2. The SMILES string of the molecule is COc1ccccc1C1=NOC(CN(Cc2ccccc2)C(C)=O)C1. The van der Waals surface area contributed by atoms with Crippen molar-refractivity contribution in [1.29, 1.82) is 0 Å². The first-order valence-electron chi connectivity index (χ1n) is 8.33. The fourth-order valence-electron chi connectivity index (χ4n) is 2.92. The van der Waals surface area contributed by atoms with Gasteiger partial charge >= 0.3 is 0 Å². The summed E-state index contributed by atoms with van der Waals surface area (Å²) >= 11 is 0. The van der Waals surface area contributed by atoms with Crippen molar-refractivity contribution in [2.24, 2.45) is 5.16 Å². The van der Waals surface area contributed by atoms with Gasteiger partial charge in [-0.05, 0) is 17.7 Å². The van der Waals surface area contributed by atoms with Gasteiger partial charge in [0.05, 0.1) is 19.4 Å². The summed E-state index contributed by atoms with van der Waals surface area (Å²) < 4.78 is 5.39. The van der Waals surface area contributed by atoms with Crippen LogP contribution in [0.25, 0.3) is 0 Å². The molecule has 0 saturated carbocycles. The van der Waals surface area contributed by atoms with Crippen LogP contribution in [0.3, 0.4) is 0 Å². The first-order valence-corrected chi connectivity index (χ1v) is 8.33. The lowest BCUT2D eigenvalue weighted by molar-refractivity contribution is -0.131. The summed E-state index contributed by atoms with van der Waals surface area (Å²) in [4.78, 5) is 19.4. The Morgan fingerprint density at radius 3 is 2.64 bits per heavy atom. The number of carbonyl (C=O) groups excluding carboxylic acids is 1. The van der Waals surface area contributed by atoms with E-state index in [1.165, 1.54) is 0 Å². The Morgan fingerprint density at radius 1 is 1.20 bits per heavy atom. The van der Waals surface area contributed by atoms with Crippen LogP contribution in [0.4, 0.5) is 0 Å². The molecule has 5 nitrogen and oxygen atoms in total. The molecule has 1 unspecified atom stereocenters. The zero-order valence-electron chi connectivity index (χ0n) is 14.5. The second-order valence-corrected chi connectivity index (χ2v) is 6.05. The Labute approximate surface area is 147 Å². The van der Waals surface area contributed by atoms with Crippen molar-refractivity contribution < 1.29 is 14.4 Å². The van der Waals surface area contributed by atoms with Crippen molar-refractivity contribution in [3.8, 4) is 5.75 Å². The number of rotatable bonds is 6. The zero-order chi connectivity index (χ0) is 17.6. The predicted octanol–water partition coefficient (Wildman–Crippen LogP) is 3.24. The molecule has 25 heavy (non-hydrogen) atoms. The van der Waals surface area contributed by atoms with E-state index in [4.69, 9.17) is 9.57 Å². The van der Waals surface area contributed by atoms with Crippen LogP contribution in [0.15, 0.2) is 59.8 Å². The Hall–Kier alpha value is -2.82. The molecule has 1 amide bonds. The van der Waals surface area contributed by atoms with Crippen LogP contribution in [-0.4, -0.2) is 36.3 Å². The number of oxime groups is 1. The van der Waals surface area contributed by atoms with Crippen molar-refractivity contribution in [3.63, 3.8) is 0 Å². The molecule has 1 heterocycles. The third kappa shape index (κ3) is 4.18. The van der Waals surface area contributed by atoms with Crippen LogP contribution < -0.4 is 4.74 Å². The van der Waals surface area contributed by atoms with Gasteiger partial charge in [0, 0.05) is 25.5 Å². The highest BCUT2D eigenvalue weighted by Crippen LogP contribution is 2.25. The van der Waals surface area contributed by atoms with Crippen molar-refractivity contribution in [3.05, 3.63) is 65.7 Å². The average Bonchev–Trinajstić information content (AvgIpc) is 3.10. The van der Waals surface area contributed by atoms with Gasteiger partial charge in [0.15, 0.2) is 6.10 Å². The van der Waals surface area contributed by atoms with Crippen LogP contribution in [0, 0.1) is 0 Å². The maximum absolute atomic E-state index is 12.0. The lowest BCUT2D eigenvalue weighted by Crippen LogP contribution is -2.35. The molecule has 0 saturated heterocycles. The monoisotopic (exact) mass is 338 g/mol. The van der Waals surface area contributed by atoms with Gasteiger partial charge in [-0.25, -0.2) is 0 Å². The minimum atomic E-state index is -0.146. The van der Waals surface area contributed by atoms with E-state index < -0.39 is 0 Å². The first kappa shape index (κ1) is 17.0. The highest BCUT2D eigenvalue weighted by atomic mass is 16.6. The van der Waals surface area contributed by atoms with Gasteiger partial charge in [0.1, 0.15) is 5.75 Å². The Morgan fingerprint density at radius 2 is 1.92 bits per heavy atom. The summed E-state index contributed by atoms with van der Waals surface area (Å²) in [6.45, 7) is 2.66. The summed E-state index contributed by atoms with van der Waals surface area (Å²) in [6, 6.07) is 17.7. The molecule has 0 aliphatic carbocycles. The highest BCUT2D eigenvalue weighted by molar-refractivity contribution is 6.03. The van der Waals surface area contributed by atoms with Crippen molar-refractivity contribution >= 4 is 11.6 Å². The van der Waals surface area contributed by atoms with E-state index in [9.17, 15) is 4.79 Å². The molecule has 3 rings (SSSR count). The summed E-state index contributed by atoms with van der Waals surface area (Å²) in [5.41, 5.74) is 2.89. The number of methoxy groups -OCH3 is 1. The van der Waals surface area contributed by atoms with Crippen LogP contribution in [0.5, 0.6) is 5.75 Å². The second-order valence-electron chi connectivity index (χ2n) is 6.05. The molecule has 2 aromatic carbocycles. The van der Waals surface area contributed by atoms with E-state index in [-0.39, 0.29) is 12.0 Å². The molecule has 0 N–H and O–H groups in total. The Bertz CT molecular complexity index is 759.